The number of hydrogen-bond donors (Lipinski definition) is 1. The van der Waals surface area contributed by atoms with Gasteiger partial charge in [-0.1, -0.05) is 19.4 Å². The van der Waals surface area contributed by atoms with E-state index in [1.165, 1.54) is 0 Å². The molecular weight excluding hydrogens is 278 g/mol. The molecule has 1 aromatic heterocycles. The first-order chi connectivity index (χ1) is 10.8. The molecule has 5 nitrogen and oxygen atoms in total. The first-order valence-corrected chi connectivity index (χ1v) is 7.27. The highest BCUT2D eigenvalue weighted by Gasteiger charge is 2.03. The number of hydrogen-bond acceptors (Lipinski definition) is 4. The highest BCUT2D eigenvalue weighted by atomic mass is 16.5. The number of rotatable bonds is 7. The van der Waals surface area contributed by atoms with E-state index in [0.717, 1.165) is 30.8 Å². The second-order valence-corrected chi connectivity index (χ2v) is 4.69. The quantitative estimate of drug-likeness (QED) is 0.485. The highest BCUT2D eigenvalue weighted by Crippen LogP contribution is 2.11. The van der Waals surface area contributed by atoms with Crippen LogP contribution in [-0.4, -0.2) is 23.7 Å². The van der Waals surface area contributed by atoms with Gasteiger partial charge in [0.15, 0.2) is 0 Å². The van der Waals surface area contributed by atoms with Crippen LogP contribution in [0.15, 0.2) is 53.8 Å². The van der Waals surface area contributed by atoms with E-state index in [2.05, 4.69) is 22.4 Å². The van der Waals surface area contributed by atoms with Gasteiger partial charge in [-0.05, 0) is 48.4 Å². The maximum absolute atomic E-state index is 11.7. The molecule has 22 heavy (non-hydrogen) atoms. The second kappa shape index (κ2) is 8.56. The first-order valence-electron chi connectivity index (χ1n) is 7.27. The fourth-order valence-corrected chi connectivity index (χ4v) is 1.70. The van der Waals surface area contributed by atoms with Gasteiger partial charge >= 0.3 is 0 Å². The Morgan fingerprint density at radius 3 is 2.77 bits per heavy atom. The molecule has 0 aliphatic heterocycles. The predicted octanol–water partition coefficient (Wildman–Crippen LogP) is 3.02. The Morgan fingerprint density at radius 2 is 2.09 bits per heavy atom. The maximum Gasteiger partial charge on any atom is 0.289 e. The van der Waals surface area contributed by atoms with Crippen LogP contribution < -0.4 is 10.2 Å². The van der Waals surface area contributed by atoms with Crippen LogP contribution in [0.5, 0.6) is 5.75 Å². The minimum Gasteiger partial charge on any atom is -0.494 e. The van der Waals surface area contributed by atoms with Crippen LogP contribution in [0.4, 0.5) is 0 Å². The van der Waals surface area contributed by atoms with E-state index in [1.807, 2.05) is 24.3 Å². The molecule has 0 atom stereocenters. The number of benzene rings is 1. The molecule has 0 bridgehead atoms. The normalized spacial score (nSPS) is 10.6. The summed E-state index contributed by atoms with van der Waals surface area (Å²) < 4.78 is 5.58. The average Bonchev–Trinajstić information content (AvgIpc) is 2.57. The number of aromatic nitrogens is 1. The van der Waals surface area contributed by atoms with Crippen LogP contribution in [0.1, 0.15) is 35.8 Å². The number of ether oxygens (including phenoxy) is 1. The summed E-state index contributed by atoms with van der Waals surface area (Å²) in [6.45, 7) is 2.85. The third-order valence-electron chi connectivity index (χ3n) is 2.92. The van der Waals surface area contributed by atoms with Gasteiger partial charge in [-0.15, -0.1) is 0 Å². The molecule has 1 aromatic carbocycles. The molecule has 0 aliphatic carbocycles. The van der Waals surface area contributed by atoms with Crippen molar-refractivity contribution in [1.82, 2.24) is 10.4 Å². The van der Waals surface area contributed by atoms with Crippen molar-refractivity contribution in [3.05, 3.63) is 59.9 Å². The molecule has 0 unspecified atom stereocenters. The Hall–Kier alpha value is -2.69. The lowest BCUT2D eigenvalue weighted by molar-refractivity contribution is 0.0950. The van der Waals surface area contributed by atoms with Gasteiger partial charge in [0.05, 0.1) is 12.8 Å². The van der Waals surface area contributed by atoms with E-state index in [0.29, 0.717) is 5.69 Å². The van der Waals surface area contributed by atoms with E-state index < -0.39 is 0 Å². The summed E-state index contributed by atoms with van der Waals surface area (Å²) in [7, 11) is 0. The van der Waals surface area contributed by atoms with E-state index in [4.69, 9.17) is 4.74 Å². The molecule has 2 aromatic rings. The Morgan fingerprint density at radius 1 is 1.27 bits per heavy atom. The molecule has 0 fully saturated rings. The number of hydrazone groups is 1. The zero-order valence-electron chi connectivity index (χ0n) is 12.5. The number of unbranched alkanes of at least 4 members (excludes halogenated alkanes) is 1. The van der Waals surface area contributed by atoms with E-state index in [-0.39, 0.29) is 5.91 Å². The average molecular weight is 297 g/mol. The summed E-state index contributed by atoms with van der Waals surface area (Å²) >= 11 is 0. The molecule has 5 heteroatoms. The van der Waals surface area contributed by atoms with Crippen molar-refractivity contribution in [2.45, 2.75) is 19.8 Å². The number of carbonyl (C=O) groups is 1. The molecule has 1 heterocycles. The third-order valence-corrected chi connectivity index (χ3v) is 2.92. The van der Waals surface area contributed by atoms with Crippen LogP contribution in [0, 0.1) is 0 Å². The summed E-state index contributed by atoms with van der Waals surface area (Å²) in [4.78, 5) is 15.7. The van der Waals surface area contributed by atoms with Crippen LogP contribution in [-0.2, 0) is 0 Å². The van der Waals surface area contributed by atoms with Gasteiger partial charge in [0.1, 0.15) is 11.4 Å². The van der Waals surface area contributed by atoms with Crippen molar-refractivity contribution >= 4 is 12.1 Å². The fourth-order valence-electron chi connectivity index (χ4n) is 1.70. The summed E-state index contributed by atoms with van der Waals surface area (Å²) in [5, 5.41) is 3.92. The molecule has 114 valence electrons. The van der Waals surface area contributed by atoms with Crippen molar-refractivity contribution < 1.29 is 9.53 Å². The summed E-state index contributed by atoms with van der Waals surface area (Å²) in [5.41, 5.74) is 3.65. The van der Waals surface area contributed by atoms with Crippen molar-refractivity contribution in [3.63, 3.8) is 0 Å². The Bertz CT molecular complexity index is 610. The summed E-state index contributed by atoms with van der Waals surface area (Å²) in [6, 6.07) is 12.7. The smallest absolute Gasteiger partial charge is 0.289 e. The maximum atomic E-state index is 11.7. The van der Waals surface area contributed by atoms with Crippen LogP contribution >= 0.6 is 0 Å². The number of amides is 1. The number of carbonyl (C=O) groups excluding carboxylic acids is 1. The standard InChI is InChI=1S/C17H19N3O2/c1-2-3-12-22-15-9-7-14(8-10-15)13-19-20-17(21)16-6-4-5-11-18-16/h4-11,13H,2-3,12H2,1H3,(H,20,21)/b19-13-. The van der Waals surface area contributed by atoms with Gasteiger partial charge in [-0.25, -0.2) is 5.43 Å². The molecule has 2 rings (SSSR count). The van der Waals surface area contributed by atoms with Gasteiger partial charge in [0.25, 0.3) is 5.91 Å². The highest BCUT2D eigenvalue weighted by molar-refractivity contribution is 5.93. The molecular formula is C17H19N3O2. The lowest BCUT2D eigenvalue weighted by Gasteiger charge is -2.04. The zero-order valence-corrected chi connectivity index (χ0v) is 12.5. The number of pyridine rings is 1. The fraction of sp³-hybridized carbons (Fsp3) is 0.235. The lowest BCUT2D eigenvalue weighted by atomic mass is 10.2. The SMILES string of the molecule is CCCCOc1ccc(/C=N\NC(=O)c2ccccn2)cc1. The van der Waals surface area contributed by atoms with Gasteiger partial charge in [-0.2, -0.15) is 5.10 Å². The van der Waals surface area contributed by atoms with Crippen molar-refractivity contribution in [3.8, 4) is 5.75 Å². The van der Waals surface area contributed by atoms with Crippen molar-refractivity contribution in [1.29, 1.82) is 0 Å². The van der Waals surface area contributed by atoms with Gasteiger partial charge in [-0.3, -0.25) is 9.78 Å². The minimum atomic E-state index is -0.337. The van der Waals surface area contributed by atoms with Crippen LogP contribution in [0.3, 0.4) is 0 Å². The molecule has 1 N–H and O–H groups in total. The van der Waals surface area contributed by atoms with Crippen LogP contribution in [0.25, 0.3) is 0 Å². The van der Waals surface area contributed by atoms with Gasteiger partial charge in [0, 0.05) is 6.20 Å². The molecule has 0 spiro atoms. The van der Waals surface area contributed by atoms with Gasteiger partial charge < -0.3 is 4.74 Å². The van der Waals surface area contributed by atoms with Gasteiger partial charge in [0.2, 0.25) is 0 Å². The van der Waals surface area contributed by atoms with Crippen molar-refractivity contribution in [2.24, 2.45) is 5.10 Å². The molecule has 0 radical (unpaired) electrons. The first kappa shape index (κ1) is 15.7. The predicted molar refractivity (Wildman–Crippen MR) is 86.1 cm³/mol. The monoisotopic (exact) mass is 297 g/mol. The summed E-state index contributed by atoms with van der Waals surface area (Å²) in [6.07, 6.45) is 5.30. The topological polar surface area (TPSA) is 63.6 Å². The number of nitrogens with one attached hydrogen (secondary N) is 1. The van der Waals surface area contributed by atoms with Crippen LogP contribution in [0.2, 0.25) is 0 Å². The molecule has 0 aliphatic rings. The third kappa shape index (κ3) is 5.01. The van der Waals surface area contributed by atoms with E-state index in [1.54, 1.807) is 30.6 Å². The Labute approximate surface area is 130 Å². The van der Waals surface area contributed by atoms with E-state index >= 15 is 0 Å². The van der Waals surface area contributed by atoms with E-state index in [9.17, 15) is 4.79 Å². The largest absolute Gasteiger partial charge is 0.494 e. The molecule has 0 saturated heterocycles. The minimum absolute atomic E-state index is 0.333. The Balaban J connectivity index is 1.84. The number of nitrogens with zero attached hydrogens (tertiary/aromatic N) is 2. The molecule has 0 saturated carbocycles. The Kier molecular flexibility index (Phi) is 6.11. The van der Waals surface area contributed by atoms with Crippen molar-refractivity contribution in [2.75, 3.05) is 6.61 Å². The summed E-state index contributed by atoms with van der Waals surface area (Å²) in [5.74, 6) is 0.500. The zero-order chi connectivity index (χ0) is 15.6. The second-order valence-electron chi connectivity index (χ2n) is 4.69. The molecule has 1 amide bonds. The lowest BCUT2D eigenvalue weighted by Crippen LogP contribution is -2.18.